The Morgan fingerprint density at radius 2 is 1.63 bits per heavy atom. The second-order valence-corrected chi connectivity index (χ2v) is 6.68. The van der Waals surface area contributed by atoms with E-state index in [0.29, 0.717) is 18.1 Å². The van der Waals surface area contributed by atoms with Crippen LogP contribution in [0.2, 0.25) is 0 Å². The van der Waals surface area contributed by atoms with Gasteiger partial charge in [0, 0.05) is 6.07 Å². The third-order valence-electron chi connectivity index (χ3n) is 4.42. The summed E-state index contributed by atoms with van der Waals surface area (Å²) in [4.78, 5) is 23.3. The highest BCUT2D eigenvalue weighted by atomic mass is 16.5. The molecule has 6 nitrogen and oxygen atoms in total. The van der Waals surface area contributed by atoms with Gasteiger partial charge >= 0.3 is 5.97 Å². The Morgan fingerprint density at radius 3 is 2.30 bits per heavy atom. The summed E-state index contributed by atoms with van der Waals surface area (Å²) in [6.07, 6.45) is -0.318. The van der Waals surface area contributed by atoms with Crippen LogP contribution in [-0.4, -0.2) is 23.5 Å². The van der Waals surface area contributed by atoms with E-state index in [-0.39, 0.29) is 11.7 Å². The number of hydrogen-bond donors (Lipinski definition) is 2. The fourth-order valence-electron chi connectivity index (χ4n) is 2.85. The number of amides is 1. The quantitative estimate of drug-likeness (QED) is 0.557. The zero-order chi connectivity index (χ0) is 21.3. The van der Waals surface area contributed by atoms with Gasteiger partial charge in [-0.25, -0.2) is 0 Å². The van der Waals surface area contributed by atoms with Crippen LogP contribution in [0.4, 0.5) is 0 Å². The molecular weight excluding hydrogens is 382 g/mol. The lowest BCUT2D eigenvalue weighted by molar-refractivity contribution is -0.135. The lowest BCUT2D eigenvalue weighted by atomic mass is 10.1. The highest BCUT2D eigenvalue weighted by Crippen LogP contribution is 2.30. The molecule has 0 saturated carbocycles. The molecule has 0 aliphatic heterocycles. The molecule has 1 amide bonds. The summed E-state index contributed by atoms with van der Waals surface area (Å²) in [7, 11) is 0. The molecule has 0 radical (unpaired) electrons. The second kappa shape index (κ2) is 10.1. The Hall–Kier alpha value is -3.80. The van der Waals surface area contributed by atoms with Crippen LogP contribution in [-0.2, 0) is 11.4 Å². The van der Waals surface area contributed by atoms with E-state index in [1.807, 2.05) is 67.6 Å². The van der Waals surface area contributed by atoms with E-state index < -0.39 is 18.4 Å². The Bertz CT molecular complexity index is 989. The summed E-state index contributed by atoms with van der Waals surface area (Å²) in [5.74, 6) is -0.780. The molecule has 0 spiro atoms. The minimum absolute atomic E-state index is 0.242. The molecule has 3 rings (SSSR count). The minimum atomic E-state index is -1.12. The third-order valence-corrected chi connectivity index (χ3v) is 4.42. The number of carbonyl (C=O) groups excluding carboxylic acids is 1. The Morgan fingerprint density at radius 1 is 0.967 bits per heavy atom. The number of carboxylic acids is 1. The van der Waals surface area contributed by atoms with E-state index >= 15 is 0 Å². The average Bonchev–Trinajstić information content (AvgIpc) is 2.77. The monoisotopic (exact) mass is 405 g/mol. The van der Waals surface area contributed by atoms with Crippen molar-refractivity contribution in [2.75, 3.05) is 6.54 Å². The van der Waals surface area contributed by atoms with Crippen LogP contribution in [0.25, 0.3) is 0 Å². The zero-order valence-electron chi connectivity index (χ0n) is 16.6. The molecule has 6 heteroatoms. The van der Waals surface area contributed by atoms with Gasteiger partial charge in [-0.1, -0.05) is 60.7 Å². The first-order chi connectivity index (χ1) is 14.5. The van der Waals surface area contributed by atoms with Crippen LogP contribution in [0.5, 0.6) is 11.5 Å². The largest absolute Gasteiger partial charge is 0.489 e. The molecule has 154 valence electrons. The van der Waals surface area contributed by atoms with Crippen molar-refractivity contribution in [3.8, 4) is 11.5 Å². The summed E-state index contributed by atoms with van der Waals surface area (Å²) in [6, 6.07) is 24.2. The number of rotatable bonds is 9. The number of hydrogen-bond acceptors (Lipinski definition) is 4. The van der Waals surface area contributed by atoms with Gasteiger partial charge in [0.1, 0.15) is 30.8 Å². The van der Waals surface area contributed by atoms with Crippen LogP contribution in [0.1, 0.15) is 34.5 Å². The smallest absolute Gasteiger partial charge is 0.322 e. The van der Waals surface area contributed by atoms with Gasteiger partial charge in [0.2, 0.25) is 0 Å². The molecule has 1 unspecified atom stereocenters. The SMILES string of the molecule is CC(Oc1cc(OCc2ccccc2)ccc1C(=O)NCC(=O)O)c1ccccc1. The van der Waals surface area contributed by atoms with Crippen LogP contribution >= 0.6 is 0 Å². The molecule has 0 aliphatic rings. The lowest BCUT2D eigenvalue weighted by Crippen LogP contribution is -2.29. The molecule has 0 bridgehead atoms. The van der Waals surface area contributed by atoms with Crippen LogP contribution in [0, 0.1) is 0 Å². The maximum Gasteiger partial charge on any atom is 0.322 e. The standard InChI is InChI=1S/C24H23NO5/c1-17(19-10-6-3-7-11-19)30-22-14-20(29-16-18-8-4-2-5-9-18)12-13-21(22)24(28)25-15-23(26)27/h2-14,17H,15-16H2,1H3,(H,25,28)(H,26,27). The van der Waals surface area contributed by atoms with Crippen molar-refractivity contribution in [3.05, 3.63) is 95.6 Å². The Balaban J connectivity index is 1.82. The zero-order valence-corrected chi connectivity index (χ0v) is 16.6. The minimum Gasteiger partial charge on any atom is -0.489 e. The molecular formula is C24H23NO5. The third kappa shape index (κ3) is 5.85. The van der Waals surface area contributed by atoms with Gasteiger partial charge in [-0.3, -0.25) is 9.59 Å². The van der Waals surface area contributed by atoms with Crippen molar-refractivity contribution in [2.24, 2.45) is 0 Å². The Kier molecular flexibility index (Phi) is 7.05. The number of carbonyl (C=O) groups is 2. The van der Waals surface area contributed by atoms with Crippen molar-refractivity contribution in [1.82, 2.24) is 5.32 Å². The molecule has 3 aromatic carbocycles. The highest BCUT2D eigenvalue weighted by molar-refractivity contribution is 5.98. The Labute approximate surface area is 175 Å². The van der Waals surface area contributed by atoms with Gasteiger partial charge in [0.05, 0.1) is 5.56 Å². The molecule has 0 aliphatic carbocycles. The summed E-state index contributed by atoms with van der Waals surface area (Å²) >= 11 is 0. The lowest BCUT2D eigenvalue weighted by Gasteiger charge is -2.19. The number of carboxylic acid groups (broad SMARTS) is 1. The fraction of sp³-hybridized carbons (Fsp3) is 0.167. The highest BCUT2D eigenvalue weighted by Gasteiger charge is 2.17. The first-order valence-electron chi connectivity index (χ1n) is 9.55. The topological polar surface area (TPSA) is 84.9 Å². The summed E-state index contributed by atoms with van der Waals surface area (Å²) in [5, 5.41) is 11.2. The molecule has 0 saturated heterocycles. The maximum atomic E-state index is 12.5. The number of aliphatic carboxylic acids is 1. The first-order valence-corrected chi connectivity index (χ1v) is 9.55. The van der Waals surface area contributed by atoms with E-state index in [1.165, 1.54) is 0 Å². The van der Waals surface area contributed by atoms with Crippen molar-refractivity contribution in [2.45, 2.75) is 19.6 Å². The van der Waals surface area contributed by atoms with Gasteiger partial charge < -0.3 is 19.9 Å². The predicted molar refractivity (Wildman–Crippen MR) is 113 cm³/mol. The van der Waals surface area contributed by atoms with Gasteiger partial charge in [0.25, 0.3) is 5.91 Å². The first kappa shape index (κ1) is 20.9. The van der Waals surface area contributed by atoms with Gasteiger partial charge in [0.15, 0.2) is 0 Å². The van der Waals surface area contributed by atoms with E-state index in [4.69, 9.17) is 14.6 Å². The van der Waals surface area contributed by atoms with E-state index in [9.17, 15) is 9.59 Å². The summed E-state index contributed by atoms with van der Waals surface area (Å²) < 4.78 is 11.9. The average molecular weight is 405 g/mol. The van der Waals surface area contributed by atoms with Crippen molar-refractivity contribution >= 4 is 11.9 Å². The number of nitrogens with one attached hydrogen (secondary N) is 1. The van der Waals surface area contributed by atoms with Crippen LogP contribution in [0.15, 0.2) is 78.9 Å². The van der Waals surface area contributed by atoms with E-state index in [0.717, 1.165) is 11.1 Å². The maximum absolute atomic E-state index is 12.5. The molecule has 0 aromatic heterocycles. The normalized spacial score (nSPS) is 11.4. The van der Waals surface area contributed by atoms with Gasteiger partial charge in [-0.2, -0.15) is 0 Å². The molecule has 1 atom stereocenters. The molecule has 0 fully saturated rings. The van der Waals surface area contributed by atoms with Crippen LogP contribution in [0.3, 0.4) is 0 Å². The molecule has 2 N–H and O–H groups in total. The summed E-state index contributed by atoms with van der Waals surface area (Å²) in [5.41, 5.74) is 2.21. The van der Waals surface area contributed by atoms with Crippen molar-refractivity contribution < 1.29 is 24.2 Å². The molecule has 0 heterocycles. The van der Waals surface area contributed by atoms with Crippen molar-refractivity contribution in [3.63, 3.8) is 0 Å². The van der Waals surface area contributed by atoms with Gasteiger partial charge in [-0.15, -0.1) is 0 Å². The second-order valence-electron chi connectivity index (χ2n) is 6.68. The van der Waals surface area contributed by atoms with E-state index in [2.05, 4.69) is 5.32 Å². The molecule has 3 aromatic rings. The predicted octanol–water partition coefficient (Wildman–Crippen LogP) is 4.22. The van der Waals surface area contributed by atoms with Crippen molar-refractivity contribution in [1.29, 1.82) is 0 Å². The number of benzene rings is 3. The molecule has 30 heavy (non-hydrogen) atoms. The fourth-order valence-corrected chi connectivity index (χ4v) is 2.85. The van der Waals surface area contributed by atoms with Crippen LogP contribution < -0.4 is 14.8 Å². The summed E-state index contributed by atoms with van der Waals surface area (Å²) in [6.45, 7) is 1.78. The van der Waals surface area contributed by atoms with Gasteiger partial charge in [-0.05, 0) is 30.2 Å². The van der Waals surface area contributed by atoms with E-state index in [1.54, 1.807) is 18.2 Å². The number of ether oxygens (including phenoxy) is 2.